The molecule has 0 saturated heterocycles. The Morgan fingerprint density at radius 1 is 1.32 bits per heavy atom. The minimum Gasteiger partial charge on any atom is -0.337 e. The van der Waals surface area contributed by atoms with Crippen molar-refractivity contribution in [2.75, 3.05) is 0 Å². The van der Waals surface area contributed by atoms with E-state index in [1.165, 1.54) is 12.1 Å². The van der Waals surface area contributed by atoms with Crippen LogP contribution in [0, 0.1) is 5.82 Å². The molecule has 1 aliphatic carbocycles. The van der Waals surface area contributed by atoms with E-state index in [2.05, 4.69) is 26.1 Å². The van der Waals surface area contributed by atoms with E-state index in [0.29, 0.717) is 21.8 Å². The molecule has 1 aromatic heterocycles. The Labute approximate surface area is 118 Å². The van der Waals surface area contributed by atoms with Crippen LogP contribution in [-0.2, 0) is 5.54 Å². The number of nitrogens with zero attached hydrogens (tertiary/aromatic N) is 2. The van der Waals surface area contributed by atoms with Gasteiger partial charge in [0.15, 0.2) is 0 Å². The zero-order valence-electron chi connectivity index (χ0n) is 10.2. The Hall–Kier alpha value is -1.27. The predicted molar refractivity (Wildman–Crippen MR) is 71.7 cm³/mol. The highest BCUT2D eigenvalue weighted by atomic mass is 79.9. The molecule has 1 aliphatic rings. The van der Waals surface area contributed by atoms with Crippen molar-refractivity contribution in [2.24, 2.45) is 5.73 Å². The first kappa shape index (κ1) is 12.7. The molecule has 2 aromatic rings. The third kappa shape index (κ3) is 2.30. The molecular weight excluding hydrogens is 313 g/mol. The zero-order chi connectivity index (χ0) is 13.5. The third-order valence-electron chi connectivity index (χ3n) is 3.52. The maximum atomic E-state index is 13.1. The number of hydrogen-bond acceptors (Lipinski definition) is 4. The van der Waals surface area contributed by atoms with Crippen LogP contribution in [0.5, 0.6) is 0 Å². The number of nitrogens with two attached hydrogens (primary N) is 1. The summed E-state index contributed by atoms with van der Waals surface area (Å²) in [6.45, 7) is 0. The van der Waals surface area contributed by atoms with Gasteiger partial charge in [-0.1, -0.05) is 18.0 Å². The summed E-state index contributed by atoms with van der Waals surface area (Å²) in [5.74, 6) is 0.584. The summed E-state index contributed by atoms with van der Waals surface area (Å²) in [7, 11) is 0. The standard InChI is InChI=1S/C13H13BrFN3O/c14-10-7-8(15)3-4-9(10)11-17-12(19-18-11)13(16)5-1-2-6-13/h3-4,7H,1-2,5-6,16H2. The Balaban J connectivity index is 1.97. The van der Waals surface area contributed by atoms with E-state index in [1.807, 2.05) is 0 Å². The molecule has 19 heavy (non-hydrogen) atoms. The average molecular weight is 326 g/mol. The van der Waals surface area contributed by atoms with Crippen LogP contribution in [0.2, 0.25) is 0 Å². The summed E-state index contributed by atoms with van der Waals surface area (Å²) in [6.07, 6.45) is 3.88. The molecule has 0 atom stereocenters. The summed E-state index contributed by atoms with van der Waals surface area (Å²) in [6, 6.07) is 4.36. The first-order valence-corrected chi connectivity index (χ1v) is 6.96. The van der Waals surface area contributed by atoms with E-state index < -0.39 is 5.54 Å². The molecule has 0 spiro atoms. The molecule has 0 radical (unpaired) electrons. The molecule has 2 N–H and O–H groups in total. The van der Waals surface area contributed by atoms with Crippen molar-refractivity contribution in [3.63, 3.8) is 0 Å². The summed E-state index contributed by atoms with van der Waals surface area (Å²) in [4.78, 5) is 4.37. The van der Waals surface area contributed by atoms with Crippen LogP contribution < -0.4 is 5.73 Å². The minimum absolute atomic E-state index is 0.314. The minimum atomic E-state index is -0.502. The van der Waals surface area contributed by atoms with E-state index in [-0.39, 0.29) is 5.82 Å². The Kier molecular flexibility index (Phi) is 3.14. The molecule has 6 heteroatoms. The van der Waals surface area contributed by atoms with Gasteiger partial charge in [-0.3, -0.25) is 0 Å². The number of benzene rings is 1. The fraction of sp³-hybridized carbons (Fsp3) is 0.385. The van der Waals surface area contributed by atoms with Crippen molar-refractivity contribution in [2.45, 2.75) is 31.2 Å². The lowest BCUT2D eigenvalue weighted by Gasteiger charge is -2.17. The van der Waals surface area contributed by atoms with Crippen molar-refractivity contribution in [1.82, 2.24) is 10.1 Å². The van der Waals surface area contributed by atoms with Crippen molar-refractivity contribution < 1.29 is 8.91 Å². The predicted octanol–water partition coefficient (Wildman–Crippen LogP) is 3.37. The second-order valence-electron chi connectivity index (χ2n) is 4.91. The summed E-state index contributed by atoms with van der Waals surface area (Å²) in [5, 5.41) is 3.95. The molecule has 0 bridgehead atoms. The SMILES string of the molecule is NC1(c2nc(-c3ccc(F)cc3Br)no2)CCCC1. The van der Waals surface area contributed by atoms with E-state index in [1.54, 1.807) is 6.07 Å². The van der Waals surface area contributed by atoms with Gasteiger partial charge in [-0.15, -0.1) is 0 Å². The van der Waals surface area contributed by atoms with Gasteiger partial charge in [-0.25, -0.2) is 4.39 Å². The van der Waals surface area contributed by atoms with Crippen molar-refractivity contribution >= 4 is 15.9 Å². The van der Waals surface area contributed by atoms with Crippen LogP contribution in [0.25, 0.3) is 11.4 Å². The van der Waals surface area contributed by atoms with Crippen LogP contribution in [0.4, 0.5) is 4.39 Å². The fourth-order valence-electron chi connectivity index (χ4n) is 2.43. The van der Waals surface area contributed by atoms with Crippen molar-refractivity contribution in [3.8, 4) is 11.4 Å². The monoisotopic (exact) mass is 325 g/mol. The molecule has 4 nitrogen and oxygen atoms in total. The van der Waals surface area contributed by atoms with E-state index in [9.17, 15) is 4.39 Å². The van der Waals surface area contributed by atoms with E-state index in [4.69, 9.17) is 10.3 Å². The van der Waals surface area contributed by atoms with Crippen molar-refractivity contribution in [1.29, 1.82) is 0 Å². The van der Waals surface area contributed by atoms with Gasteiger partial charge in [0.1, 0.15) is 5.82 Å². The Morgan fingerprint density at radius 3 is 2.74 bits per heavy atom. The Morgan fingerprint density at radius 2 is 2.05 bits per heavy atom. The lowest BCUT2D eigenvalue weighted by atomic mass is 9.99. The van der Waals surface area contributed by atoms with Gasteiger partial charge < -0.3 is 10.3 Å². The molecule has 0 aliphatic heterocycles. The van der Waals surface area contributed by atoms with Gasteiger partial charge in [0.25, 0.3) is 0 Å². The topological polar surface area (TPSA) is 64.9 Å². The van der Waals surface area contributed by atoms with Gasteiger partial charge in [0.2, 0.25) is 11.7 Å². The van der Waals surface area contributed by atoms with Crippen molar-refractivity contribution in [3.05, 3.63) is 34.4 Å². The molecule has 100 valence electrons. The third-order valence-corrected chi connectivity index (χ3v) is 4.18. The van der Waals surface area contributed by atoms with Gasteiger partial charge >= 0.3 is 0 Å². The molecule has 1 saturated carbocycles. The summed E-state index contributed by atoms with van der Waals surface area (Å²) < 4.78 is 18.9. The first-order valence-electron chi connectivity index (χ1n) is 6.17. The van der Waals surface area contributed by atoms with E-state index in [0.717, 1.165) is 25.7 Å². The zero-order valence-corrected chi connectivity index (χ0v) is 11.8. The van der Waals surface area contributed by atoms with Gasteiger partial charge in [0.05, 0.1) is 5.54 Å². The van der Waals surface area contributed by atoms with E-state index >= 15 is 0 Å². The van der Waals surface area contributed by atoms with Crippen LogP contribution in [-0.4, -0.2) is 10.1 Å². The quantitative estimate of drug-likeness (QED) is 0.919. The van der Waals surface area contributed by atoms with Gasteiger partial charge in [-0.05, 0) is 47.0 Å². The van der Waals surface area contributed by atoms with Crippen LogP contribution in [0.3, 0.4) is 0 Å². The lowest BCUT2D eigenvalue weighted by Crippen LogP contribution is -2.33. The maximum absolute atomic E-state index is 13.1. The highest BCUT2D eigenvalue weighted by Crippen LogP contribution is 2.36. The molecule has 1 aromatic carbocycles. The molecule has 1 fully saturated rings. The van der Waals surface area contributed by atoms with Crippen LogP contribution in [0.1, 0.15) is 31.6 Å². The normalized spacial score (nSPS) is 17.8. The largest absolute Gasteiger partial charge is 0.337 e. The molecule has 1 heterocycles. The molecular formula is C13H13BrFN3O. The van der Waals surface area contributed by atoms with Crippen LogP contribution >= 0.6 is 15.9 Å². The molecule has 0 amide bonds. The second-order valence-corrected chi connectivity index (χ2v) is 5.76. The molecule has 3 rings (SSSR count). The maximum Gasteiger partial charge on any atom is 0.247 e. The summed E-state index contributed by atoms with van der Waals surface area (Å²) in [5.41, 5.74) is 6.46. The smallest absolute Gasteiger partial charge is 0.247 e. The number of hydrogen-bond donors (Lipinski definition) is 1. The highest BCUT2D eigenvalue weighted by Gasteiger charge is 2.37. The number of halogens is 2. The van der Waals surface area contributed by atoms with Crippen LogP contribution in [0.15, 0.2) is 27.2 Å². The lowest BCUT2D eigenvalue weighted by molar-refractivity contribution is 0.285. The fourth-order valence-corrected chi connectivity index (χ4v) is 2.95. The highest BCUT2D eigenvalue weighted by molar-refractivity contribution is 9.10. The Bertz CT molecular complexity index is 608. The van der Waals surface area contributed by atoms with Gasteiger partial charge in [0, 0.05) is 10.0 Å². The molecule has 0 unspecified atom stereocenters. The average Bonchev–Trinajstić information content (AvgIpc) is 2.99. The first-order chi connectivity index (χ1) is 9.08. The van der Waals surface area contributed by atoms with Gasteiger partial charge in [-0.2, -0.15) is 4.98 Å². The summed E-state index contributed by atoms with van der Waals surface area (Å²) >= 11 is 3.30. The number of rotatable bonds is 2. The number of aromatic nitrogens is 2. The second kappa shape index (κ2) is 4.68.